The molecule has 1 aliphatic heterocycles. The summed E-state index contributed by atoms with van der Waals surface area (Å²) in [6, 6.07) is 11.1. The van der Waals surface area contributed by atoms with Gasteiger partial charge >= 0.3 is 5.97 Å². The molecule has 1 aliphatic carbocycles. The number of fused-ring (bicyclic) bond motifs is 2. The van der Waals surface area contributed by atoms with Crippen LogP contribution < -0.4 is 4.74 Å². The van der Waals surface area contributed by atoms with Gasteiger partial charge in [-0.1, -0.05) is 25.0 Å². The van der Waals surface area contributed by atoms with E-state index < -0.39 is 17.3 Å². The molecule has 0 radical (unpaired) electrons. The van der Waals surface area contributed by atoms with E-state index in [4.69, 9.17) is 9.47 Å². The molecule has 1 spiro atoms. The van der Waals surface area contributed by atoms with Crippen LogP contribution in [0.1, 0.15) is 36.2 Å². The zero-order valence-corrected chi connectivity index (χ0v) is 15.3. The zero-order chi connectivity index (χ0) is 19.2. The number of benzene rings is 1. The van der Waals surface area contributed by atoms with Crippen molar-refractivity contribution in [1.29, 1.82) is 0 Å². The minimum absolute atomic E-state index is 0.184. The molecule has 0 bridgehead atoms. The van der Waals surface area contributed by atoms with Gasteiger partial charge in [0.1, 0.15) is 22.6 Å². The molecule has 1 N–H and O–H groups in total. The van der Waals surface area contributed by atoms with Crippen LogP contribution in [0.25, 0.3) is 11.3 Å². The van der Waals surface area contributed by atoms with Crippen molar-refractivity contribution in [3.05, 3.63) is 53.4 Å². The molecule has 0 atom stereocenters. The Morgan fingerprint density at radius 2 is 1.74 bits per heavy atom. The van der Waals surface area contributed by atoms with Crippen LogP contribution in [0.5, 0.6) is 5.75 Å². The summed E-state index contributed by atoms with van der Waals surface area (Å²) >= 11 is 0. The molecule has 1 saturated carbocycles. The van der Waals surface area contributed by atoms with Crippen LogP contribution in [0.4, 0.5) is 0 Å². The van der Waals surface area contributed by atoms with Gasteiger partial charge in [-0.15, -0.1) is 0 Å². The third-order valence-electron chi connectivity index (χ3n) is 5.65. The van der Waals surface area contributed by atoms with Crippen molar-refractivity contribution < 1.29 is 24.2 Å². The lowest BCUT2D eigenvalue weighted by Gasteiger charge is -2.38. The van der Waals surface area contributed by atoms with E-state index >= 15 is 0 Å². The summed E-state index contributed by atoms with van der Waals surface area (Å²) in [6.45, 7) is 0. The van der Waals surface area contributed by atoms with Crippen molar-refractivity contribution in [3.8, 4) is 17.0 Å². The monoisotopic (exact) mass is 367 g/mol. The van der Waals surface area contributed by atoms with E-state index in [1.165, 1.54) is 7.11 Å². The van der Waals surface area contributed by atoms with Crippen LogP contribution in [0.15, 0.2) is 47.7 Å². The molecule has 2 aromatic rings. The van der Waals surface area contributed by atoms with Crippen LogP contribution >= 0.6 is 0 Å². The first-order valence-corrected chi connectivity index (χ1v) is 8.97. The lowest BCUT2D eigenvalue weighted by atomic mass is 9.85. The fourth-order valence-corrected chi connectivity index (χ4v) is 4.43. The Hall–Kier alpha value is -3.02. The minimum Gasteiger partial charge on any atom is -0.509 e. The van der Waals surface area contributed by atoms with Crippen molar-refractivity contribution >= 4 is 11.8 Å². The summed E-state index contributed by atoms with van der Waals surface area (Å²) in [7, 11) is 2.81. The molecule has 2 heterocycles. The van der Waals surface area contributed by atoms with Gasteiger partial charge in [0.25, 0.3) is 0 Å². The standard InChI is InChI=1S/C21H21NO5/c1-26-16-8-4-3-7-13(16)14-9-10-15-18(23)17(20(25)27-2)19(24)21(22(14)15)11-5-6-12-21/h3-4,7-10,24H,5-6,11-12H2,1-2H3. The van der Waals surface area contributed by atoms with Crippen molar-refractivity contribution in [3.63, 3.8) is 0 Å². The summed E-state index contributed by atoms with van der Waals surface area (Å²) in [5.74, 6) is -0.814. The number of aromatic nitrogens is 1. The Morgan fingerprint density at radius 1 is 1.07 bits per heavy atom. The largest absolute Gasteiger partial charge is 0.509 e. The summed E-state index contributed by atoms with van der Waals surface area (Å²) in [6.07, 6.45) is 3.10. The van der Waals surface area contributed by atoms with E-state index in [1.807, 2.05) is 34.9 Å². The average molecular weight is 367 g/mol. The summed E-state index contributed by atoms with van der Waals surface area (Å²) < 4.78 is 12.2. The number of nitrogens with zero attached hydrogens (tertiary/aromatic N) is 1. The predicted molar refractivity (Wildman–Crippen MR) is 98.9 cm³/mol. The van der Waals surface area contributed by atoms with E-state index in [9.17, 15) is 14.7 Å². The Kier molecular flexibility index (Phi) is 4.06. The SMILES string of the molecule is COC(=O)C1=C(O)C2(CCCC2)n2c(ccc2-c2ccccc2OC)C1=O. The molecular weight excluding hydrogens is 346 g/mol. The van der Waals surface area contributed by atoms with Gasteiger partial charge < -0.3 is 19.1 Å². The Morgan fingerprint density at radius 3 is 2.41 bits per heavy atom. The quantitative estimate of drug-likeness (QED) is 0.662. The summed E-state index contributed by atoms with van der Waals surface area (Å²) in [5.41, 5.74) is 0.937. The molecule has 0 saturated heterocycles. The highest BCUT2D eigenvalue weighted by molar-refractivity contribution is 6.25. The first-order chi connectivity index (χ1) is 13.0. The van der Waals surface area contributed by atoms with Crippen molar-refractivity contribution in [2.45, 2.75) is 31.2 Å². The molecule has 1 aromatic heterocycles. The van der Waals surface area contributed by atoms with Gasteiger partial charge in [0.15, 0.2) is 0 Å². The number of hydrogen-bond donors (Lipinski definition) is 1. The van der Waals surface area contributed by atoms with Crippen LogP contribution in [0.2, 0.25) is 0 Å². The number of Topliss-reactive ketones (excluding diaryl/α,β-unsaturated/α-hetero) is 1. The molecule has 1 aromatic carbocycles. The van der Waals surface area contributed by atoms with Crippen LogP contribution in [-0.4, -0.2) is 35.6 Å². The highest BCUT2D eigenvalue weighted by Gasteiger charge is 2.50. The number of ketones is 1. The van der Waals surface area contributed by atoms with E-state index in [0.29, 0.717) is 24.3 Å². The minimum atomic E-state index is -0.813. The maximum atomic E-state index is 13.0. The second-order valence-electron chi connectivity index (χ2n) is 6.92. The second kappa shape index (κ2) is 6.30. The Labute approximate surface area is 157 Å². The third kappa shape index (κ3) is 2.32. The molecule has 6 nitrogen and oxygen atoms in total. The molecule has 4 rings (SSSR count). The summed E-state index contributed by atoms with van der Waals surface area (Å²) in [5, 5.41) is 11.1. The molecule has 2 aliphatic rings. The maximum Gasteiger partial charge on any atom is 0.345 e. The number of aliphatic hydroxyl groups is 1. The normalized spacial score (nSPS) is 17.9. The first kappa shape index (κ1) is 17.4. The van der Waals surface area contributed by atoms with E-state index in [2.05, 4.69) is 0 Å². The lowest BCUT2D eigenvalue weighted by molar-refractivity contribution is -0.136. The van der Waals surface area contributed by atoms with Crippen molar-refractivity contribution in [2.24, 2.45) is 0 Å². The maximum absolute atomic E-state index is 13.0. The van der Waals surface area contributed by atoms with Crippen LogP contribution in [-0.2, 0) is 15.1 Å². The van der Waals surface area contributed by atoms with Crippen molar-refractivity contribution in [2.75, 3.05) is 14.2 Å². The average Bonchev–Trinajstić information content (AvgIpc) is 3.34. The number of ether oxygens (including phenoxy) is 2. The third-order valence-corrected chi connectivity index (χ3v) is 5.65. The van der Waals surface area contributed by atoms with Gasteiger partial charge in [0.2, 0.25) is 5.78 Å². The molecule has 140 valence electrons. The van der Waals surface area contributed by atoms with E-state index in [0.717, 1.165) is 24.1 Å². The number of allylic oxidation sites excluding steroid dienone is 1. The topological polar surface area (TPSA) is 77.8 Å². The molecule has 6 heteroatoms. The highest BCUT2D eigenvalue weighted by Crippen LogP contribution is 2.49. The number of hydrogen-bond acceptors (Lipinski definition) is 5. The zero-order valence-electron chi connectivity index (χ0n) is 15.3. The number of aliphatic hydroxyl groups excluding tert-OH is 1. The molecule has 27 heavy (non-hydrogen) atoms. The fraction of sp³-hybridized carbons (Fsp3) is 0.333. The fourth-order valence-electron chi connectivity index (χ4n) is 4.43. The molecular formula is C21H21NO5. The second-order valence-corrected chi connectivity index (χ2v) is 6.92. The first-order valence-electron chi connectivity index (χ1n) is 8.97. The number of esters is 1. The van der Waals surface area contributed by atoms with Gasteiger partial charge in [-0.3, -0.25) is 4.79 Å². The Bertz CT molecular complexity index is 963. The molecule has 0 amide bonds. The number of carbonyl (C=O) groups is 2. The van der Waals surface area contributed by atoms with Gasteiger partial charge in [-0.2, -0.15) is 0 Å². The number of methoxy groups -OCH3 is 2. The van der Waals surface area contributed by atoms with E-state index in [1.54, 1.807) is 13.2 Å². The molecule has 0 unspecified atom stereocenters. The predicted octanol–water partition coefficient (Wildman–Crippen LogP) is 3.61. The van der Waals surface area contributed by atoms with Crippen molar-refractivity contribution in [1.82, 2.24) is 4.57 Å². The van der Waals surface area contributed by atoms with Gasteiger partial charge in [-0.25, -0.2) is 4.79 Å². The number of rotatable bonds is 3. The Balaban J connectivity index is 2.00. The highest BCUT2D eigenvalue weighted by atomic mass is 16.5. The van der Waals surface area contributed by atoms with Gasteiger partial charge in [0, 0.05) is 5.56 Å². The van der Waals surface area contributed by atoms with Crippen LogP contribution in [0, 0.1) is 0 Å². The number of para-hydroxylation sites is 1. The van der Waals surface area contributed by atoms with E-state index in [-0.39, 0.29) is 11.3 Å². The smallest absolute Gasteiger partial charge is 0.345 e. The van der Waals surface area contributed by atoms with Gasteiger partial charge in [-0.05, 0) is 37.1 Å². The summed E-state index contributed by atoms with van der Waals surface area (Å²) in [4.78, 5) is 25.2. The van der Waals surface area contributed by atoms with Crippen LogP contribution in [0.3, 0.4) is 0 Å². The molecule has 1 fully saturated rings. The number of carbonyl (C=O) groups excluding carboxylic acids is 2. The lowest BCUT2D eigenvalue weighted by Crippen LogP contribution is -2.42. The van der Waals surface area contributed by atoms with Gasteiger partial charge in [0.05, 0.1) is 25.6 Å².